The molecule has 5 aliphatic heterocycles. The van der Waals surface area contributed by atoms with Gasteiger partial charge < -0.3 is 30.3 Å². The Kier molecular flexibility index (Phi) is 10.7. The number of fused-ring (bicyclic) bond motifs is 2. The van der Waals surface area contributed by atoms with E-state index in [4.69, 9.17) is 10.5 Å². The minimum absolute atomic E-state index is 0.0888. The number of hydrogen-bond acceptors (Lipinski definition) is 11. The van der Waals surface area contributed by atoms with Gasteiger partial charge in [-0.15, -0.1) is 10.2 Å². The summed E-state index contributed by atoms with van der Waals surface area (Å²) in [5, 5.41) is 21.7. The Bertz CT molecular complexity index is 2440. The number of likely N-dealkylation sites (tertiary alicyclic amines) is 2. The molecule has 1 aromatic heterocycles. The number of hydrogen-bond donors (Lipinski definition) is 3. The quantitative estimate of drug-likeness (QED) is 0.162. The third-order valence-corrected chi connectivity index (χ3v) is 16.1. The molecule has 64 heavy (non-hydrogen) atoms. The fourth-order valence-corrected chi connectivity index (χ4v) is 12.9. The van der Waals surface area contributed by atoms with Gasteiger partial charge in [-0.3, -0.25) is 24.6 Å². The van der Waals surface area contributed by atoms with Gasteiger partial charge in [-0.2, -0.15) is 0 Å². The van der Waals surface area contributed by atoms with E-state index in [-0.39, 0.29) is 35.6 Å². The zero-order chi connectivity index (χ0) is 43.6. The number of aromatic hydroxyl groups is 1. The molecule has 3 amide bonds. The molecule has 0 spiro atoms. The topological polar surface area (TPSA) is 157 Å². The lowest BCUT2D eigenvalue weighted by atomic mass is 9.70. The summed E-state index contributed by atoms with van der Waals surface area (Å²) < 4.78 is 6.60. The van der Waals surface area contributed by atoms with Crippen molar-refractivity contribution in [3.8, 4) is 22.8 Å². The Morgan fingerprint density at radius 1 is 0.844 bits per heavy atom. The molecule has 2 unspecified atom stereocenters. The normalized spacial score (nSPS) is 28.2. The molecule has 4 aromatic rings. The molecule has 0 bridgehead atoms. The lowest BCUT2D eigenvalue weighted by molar-refractivity contribution is -0.135. The van der Waals surface area contributed by atoms with Gasteiger partial charge in [-0.25, -0.2) is 0 Å². The number of phenolic OH excluding ortho intramolecular Hbond substituents is 1. The molecule has 6 heterocycles. The number of carbonyl (C=O) groups is 3. The first-order valence-corrected chi connectivity index (χ1v) is 23.8. The first kappa shape index (κ1) is 41.0. The predicted molar refractivity (Wildman–Crippen MR) is 245 cm³/mol. The number of para-hydroxylation sites is 1. The van der Waals surface area contributed by atoms with Crippen LogP contribution >= 0.6 is 0 Å². The first-order chi connectivity index (χ1) is 31.2. The molecular formula is C51H60N8O5. The van der Waals surface area contributed by atoms with Crippen molar-refractivity contribution in [2.45, 2.75) is 82.3 Å². The van der Waals surface area contributed by atoms with Gasteiger partial charge in [0.2, 0.25) is 17.7 Å². The molecule has 0 radical (unpaired) electrons. The number of nitrogen functional groups attached to an aromatic ring is 1. The van der Waals surface area contributed by atoms with Crippen LogP contribution in [0.4, 0.5) is 17.2 Å². The number of nitrogens with one attached hydrogen (secondary N) is 1. The summed E-state index contributed by atoms with van der Waals surface area (Å²) in [6, 6.07) is 24.1. The highest BCUT2D eigenvalue weighted by Gasteiger charge is 2.69. The van der Waals surface area contributed by atoms with E-state index in [0.717, 1.165) is 106 Å². The number of carbonyl (C=O) groups excluding carboxylic acids is 3. The van der Waals surface area contributed by atoms with E-state index < -0.39 is 0 Å². The number of phenols is 1. The lowest BCUT2D eigenvalue weighted by Crippen LogP contribution is -2.52. The van der Waals surface area contributed by atoms with Gasteiger partial charge >= 0.3 is 0 Å². The van der Waals surface area contributed by atoms with Crippen LogP contribution < -0.4 is 25.6 Å². The van der Waals surface area contributed by atoms with Crippen LogP contribution in [0.3, 0.4) is 0 Å². The zero-order valence-corrected chi connectivity index (χ0v) is 36.8. The molecule has 3 aromatic carbocycles. The maximum absolute atomic E-state index is 13.6. The summed E-state index contributed by atoms with van der Waals surface area (Å²) in [5.74, 6) is 5.74. The second kappa shape index (κ2) is 16.7. The number of benzene rings is 3. The molecule has 4 N–H and O–H groups in total. The monoisotopic (exact) mass is 864 g/mol. The van der Waals surface area contributed by atoms with E-state index in [2.05, 4.69) is 79.6 Å². The van der Waals surface area contributed by atoms with E-state index >= 15 is 0 Å². The summed E-state index contributed by atoms with van der Waals surface area (Å²) >= 11 is 0. The first-order valence-electron chi connectivity index (χ1n) is 23.8. The number of rotatable bonds is 10. The van der Waals surface area contributed by atoms with Gasteiger partial charge in [0.1, 0.15) is 23.6 Å². The second-order valence-corrected chi connectivity index (χ2v) is 19.8. The largest absolute Gasteiger partial charge is 0.507 e. The fraction of sp³-hybridized carbons (Fsp3) is 0.510. The Labute approximate surface area is 375 Å². The van der Waals surface area contributed by atoms with Crippen molar-refractivity contribution < 1.29 is 24.2 Å². The minimum Gasteiger partial charge on any atom is -0.507 e. The smallest absolute Gasteiger partial charge is 0.249 e. The van der Waals surface area contributed by atoms with Crippen molar-refractivity contribution in [3.05, 3.63) is 89.5 Å². The highest BCUT2D eigenvalue weighted by atomic mass is 16.5. The SMILES string of the molecule is C[C@@H]1CN([C@@H]2CCC(=O)NC2=O)c2cccc(C3CCN(CC(=O)N4CCC(Oc5cccc(C[C@@H]6C7C8[C@@H]7CCN(c7cc(-c9ccccc9O)nnc7N)C[C@@H]86)c5)CC4)CC3)c21. The van der Waals surface area contributed by atoms with Gasteiger partial charge in [0.05, 0.1) is 17.9 Å². The molecule has 13 nitrogen and oxygen atoms in total. The number of anilines is 3. The summed E-state index contributed by atoms with van der Waals surface area (Å²) in [5.41, 5.74) is 13.8. The highest BCUT2D eigenvalue weighted by Crippen LogP contribution is 2.71. The van der Waals surface area contributed by atoms with E-state index in [1.54, 1.807) is 12.1 Å². The number of piperidine rings is 3. The molecule has 4 saturated heterocycles. The molecule has 6 fully saturated rings. The van der Waals surface area contributed by atoms with E-state index in [1.165, 1.54) is 16.7 Å². The third kappa shape index (κ3) is 7.62. The van der Waals surface area contributed by atoms with Crippen LogP contribution in [-0.4, -0.2) is 107 Å². The fourth-order valence-electron chi connectivity index (χ4n) is 12.9. The lowest BCUT2D eigenvalue weighted by Gasteiger charge is -2.40. The van der Waals surface area contributed by atoms with Crippen LogP contribution in [0.25, 0.3) is 11.3 Å². The molecule has 334 valence electrons. The molecule has 11 rings (SSSR count). The zero-order valence-electron chi connectivity index (χ0n) is 36.8. The summed E-state index contributed by atoms with van der Waals surface area (Å²) in [4.78, 5) is 47.2. The van der Waals surface area contributed by atoms with Gasteiger partial charge in [-0.05, 0) is 134 Å². The van der Waals surface area contributed by atoms with Crippen LogP contribution in [0.5, 0.6) is 11.5 Å². The van der Waals surface area contributed by atoms with Crippen LogP contribution in [-0.2, 0) is 20.8 Å². The molecule has 7 aliphatic rings. The molecule has 13 heteroatoms. The van der Waals surface area contributed by atoms with Crippen molar-refractivity contribution in [1.82, 2.24) is 25.3 Å². The van der Waals surface area contributed by atoms with Crippen molar-refractivity contribution >= 4 is 34.9 Å². The van der Waals surface area contributed by atoms with Gasteiger partial charge in [-0.1, -0.05) is 43.3 Å². The van der Waals surface area contributed by atoms with Crippen LogP contribution in [0, 0.1) is 29.6 Å². The van der Waals surface area contributed by atoms with E-state index in [1.807, 2.05) is 23.1 Å². The van der Waals surface area contributed by atoms with E-state index in [0.29, 0.717) is 73.2 Å². The Hall–Kier alpha value is -5.69. The molecule has 2 saturated carbocycles. The third-order valence-electron chi connectivity index (χ3n) is 16.1. The van der Waals surface area contributed by atoms with Crippen molar-refractivity contribution in [1.29, 1.82) is 0 Å². The number of aromatic nitrogens is 2. The number of amides is 3. The van der Waals surface area contributed by atoms with Crippen LogP contribution in [0.15, 0.2) is 72.8 Å². The Balaban J connectivity index is 0.651. The number of nitrogens with zero attached hydrogens (tertiary/aromatic N) is 6. The van der Waals surface area contributed by atoms with Crippen LogP contribution in [0.1, 0.15) is 80.4 Å². The molecule has 7 atom stereocenters. The molecule has 2 aliphatic carbocycles. The average molecular weight is 865 g/mol. The minimum atomic E-state index is -0.299. The number of nitrogens with two attached hydrogens (primary N) is 1. The summed E-state index contributed by atoms with van der Waals surface area (Å²) in [6.45, 7) is 8.62. The second-order valence-electron chi connectivity index (χ2n) is 19.8. The maximum Gasteiger partial charge on any atom is 0.249 e. The highest BCUT2D eigenvalue weighted by molar-refractivity contribution is 6.02. The average Bonchev–Trinajstić information content (AvgIpc) is 3.88. The Morgan fingerprint density at radius 2 is 1.66 bits per heavy atom. The van der Waals surface area contributed by atoms with Gasteiger partial charge in [0.15, 0.2) is 5.82 Å². The van der Waals surface area contributed by atoms with Gasteiger partial charge in [0.25, 0.3) is 0 Å². The molecular weight excluding hydrogens is 805 g/mol. The summed E-state index contributed by atoms with van der Waals surface area (Å²) in [7, 11) is 0. The number of ether oxygens (including phenoxy) is 1. The van der Waals surface area contributed by atoms with Gasteiger partial charge in [0, 0.05) is 69.2 Å². The van der Waals surface area contributed by atoms with Crippen LogP contribution in [0.2, 0.25) is 0 Å². The van der Waals surface area contributed by atoms with E-state index in [9.17, 15) is 19.5 Å². The summed E-state index contributed by atoms with van der Waals surface area (Å²) in [6.07, 6.45) is 6.90. The Morgan fingerprint density at radius 3 is 2.47 bits per heavy atom. The predicted octanol–water partition coefficient (Wildman–Crippen LogP) is 5.97. The maximum atomic E-state index is 13.6. The standard InChI is InChI=1S/C51H60N8O5/c1-30-27-59(42-12-13-45(61)53-51(42)63)41-10-5-9-35(47(30)41)32-14-19-56(20-15-32)29-46(62)57-21-16-33(17-22-57)64-34-7-4-6-31(24-34)25-38-39-28-58(23-18-37-48(38)49(37)39)43-26-40(54-55-50(43)52)36-8-2-3-11-44(36)60/h2-11,24,26,30,32-33,37-39,42,48-49,60H,12-23,25,27-29H2,1H3,(H2,52,55)(H,53,61,63)/t30-,37-,38+,39-,42-,48?,49?/m1/s1. The van der Waals surface area contributed by atoms with Crippen molar-refractivity contribution in [2.75, 3.05) is 67.9 Å². The van der Waals surface area contributed by atoms with Crippen molar-refractivity contribution in [3.63, 3.8) is 0 Å². The number of imide groups is 1. The van der Waals surface area contributed by atoms with Crippen molar-refractivity contribution in [2.24, 2.45) is 29.6 Å².